The van der Waals surface area contributed by atoms with Crippen LogP contribution in [0, 0.1) is 5.82 Å². The third-order valence-electron chi connectivity index (χ3n) is 7.56. The summed E-state index contributed by atoms with van der Waals surface area (Å²) in [5, 5.41) is 9.56. The number of pyridine rings is 2. The zero-order chi connectivity index (χ0) is 23.4. The molecule has 1 saturated heterocycles. The molecule has 2 aliphatic rings. The maximum Gasteiger partial charge on any atom is 0.187 e. The van der Waals surface area contributed by atoms with Crippen LogP contribution in [0.1, 0.15) is 43.4 Å². The highest BCUT2D eigenvalue weighted by Crippen LogP contribution is 2.49. The van der Waals surface area contributed by atoms with Gasteiger partial charge in [0, 0.05) is 49.3 Å². The molecule has 2 N–H and O–H groups in total. The summed E-state index contributed by atoms with van der Waals surface area (Å²) in [6, 6.07) is 11.8. The molecular weight excluding hydrogens is 431 g/mol. The number of nitrogens with zero attached hydrogens (tertiary/aromatic N) is 5. The van der Waals surface area contributed by atoms with Crippen LogP contribution < -0.4 is 5.73 Å². The Morgan fingerprint density at radius 3 is 2.79 bits per heavy atom. The molecule has 0 bridgehead atoms. The van der Waals surface area contributed by atoms with Crippen molar-refractivity contribution < 1.29 is 9.13 Å². The molecule has 6 rings (SSSR count). The Morgan fingerprint density at radius 1 is 1.21 bits per heavy atom. The minimum Gasteiger partial charge on any atom is -0.384 e. The number of nitrogens with two attached hydrogens (primary N) is 1. The van der Waals surface area contributed by atoms with E-state index in [1.165, 1.54) is 5.56 Å². The van der Waals surface area contributed by atoms with E-state index in [0.717, 1.165) is 48.9 Å². The van der Waals surface area contributed by atoms with Gasteiger partial charge in [0.1, 0.15) is 11.5 Å². The Kier molecular flexibility index (Phi) is 5.13. The molecule has 0 radical (unpaired) electrons. The predicted molar refractivity (Wildman–Crippen MR) is 129 cm³/mol. The van der Waals surface area contributed by atoms with Gasteiger partial charge in [0.05, 0.1) is 12.1 Å². The van der Waals surface area contributed by atoms with E-state index in [1.807, 2.05) is 28.7 Å². The number of rotatable bonds is 6. The highest BCUT2D eigenvalue weighted by molar-refractivity contribution is 5.82. The second-order valence-corrected chi connectivity index (χ2v) is 9.87. The summed E-state index contributed by atoms with van der Waals surface area (Å²) in [5.74, 6) is 0.484. The van der Waals surface area contributed by atoms with Crippen LogP contribution in [0.5, 0.6) is 0 Å². The molecule has 0 amide bonds. The van der Waals surface area contributed by atoms with Crippen molar-refractivity contribution in [3.63, 3.8) is 0 Å². The fraction of sp³-hybridized carbons (Fsp3) is 0.423. The van der Waals surface area contributed by atoms with Crippen LogP contribution in [0.2, 0.25) is 0 Å². The summed E-state index contributed by atoms with van der Waals surface area (Å²) in [6.45, 7) is 4.64. The maximum atomic E-state index is 14.9. The monoisotopic (exact) mass is 460 g/mol. The third-order valence-corrected chi connectivity index (χ3v) is 7.56. The van der Waals surface area contributed by atoms with Gasteiger partial charge in [0.2, 0.25) is 0 Å². The summed E-state index contributed by atoms with van der Waals surface area (Å²) < 4.78 is 22.3. The van der Waals surface area contributed by atoms with Gasteiger partial charge in [-0.3, -0.25) is 9.30 Å². The number of ether oxygens (including phenoxy) is 1. The lowest BCUT2D eigenvalue weighted by Crippen LogP contribution is -2.28. The van der Waals surface area contributed by atoms with Gasteiger partial charge in [-0.1, -0.05) is 12.1 Å². The summed E-state index contributed by atoms with van der Waals surface area (Å²) >= 11 is 0. The van der Waals surface area contributed by atoms with Crippen molar-refractivity contribution in [2.45, 2.75) is 43.7 Å². The molecular formula is C26H29FN6O. The second kappa shape index (κ2) is 8.08. The van der Waals surface area contributed by atoms with Gasteiger partial charge in [0.15, 0.2) is 11.5 Å². The number of halogens is 1. The van der Waals surface area contributed by atoms with Crippen molar-refractivity contribution in [1.29, 1.82) is 0 Å². The van der Waals surface area contributed by atoms with Crippen LogP contribution in [0.15, 0.2) is 42.6 Å². The largest absolute Gasteiger partial charge is 0.384 e. The average molecular weight is 461 g/mol. The number of hydrogen-bond acceptors (Lipinski definition) is 6. The number of benzene rings is 1. The summed E-state index contributed by atoms with van der Waals surface area (Å²) in [4.78, 5) is 7.29. The molecule has 2 fully saturated rings. The molecule has 0 spiro atoms. The standard InChI is InChI=1S/C26H29FN6O/c1-16(32-10-7-19(28)14-32)18-4-6-24-30-31-25(33(24)13-18)22-5-3-17-11-21(27)20(12-23(17)29-22)26(8-9-26)15-34-2/h3-6,11-13,16,19H,7-10,14-15,28H2,1-2H3/t16-,19-/m0/s1. The van der Waals surface area contributed by atoms with Gasteiger partial charge in [-0.05, 0) is 61.6 Å². The molecule has 4 heterocycles. The summed E-state index contributed by atoms with van der Waals surface area (Å²) in [6.07, 6.45) is 4.99. The molecule has 2 atom stereocenters. The van der Waals surface area contributed by atoms with Crippen LogP contribution in [0.4, 0.5) is 4.39 Å². The van der Waals surface area contributed by atoms with E-state index < -0.39 is 0 Å². The van der Waals surface area contributed by atoms with Crippen molar-refractivity contribution in [1.82, 2.24) is 24.5 Å². The number of likely N-dealkylation sites (tertiary alicyclic amines) is 1. The number of fused-ring (bicyclic) bond motifs is 2. The summed E-state index contributed by atoms with van der Waals surface area (Å²) in [7, 11) is 1.67. The lowest BCUT2D eigenvalue weighted by Gasteiger charge is -2.24. The average Bonchev–Trinajstić information content (AvgIpc) is 3.28. The van der Waals surface area contributed by atoms with Crippen molar-refractivity contribution in [3.8, 4) is 11.5 Å². The van der Waals surface area contributed by atoms with E-state index in [0.29, 0.717) is 23.7 Å². The van der Waals surface area contributed by atoms with Crippen molar-refractivity contribution in [2.24, 2.45) is 5.73 Å². The minimum atomic E-state index is -0.227. The minimum absolute atomic E-state index is 0.190. The fourth-order valence-electron chi connectivity index (χ4n) is 5.30. The Labute approximate surface area is 197 Å². The molecule has 3 aromatic heterocycles. The van der Waals surface area contributed by atoms with E-state index in [4.69, 9.17) is 15.5 Å². The zero-order valence-corrected chi connectivity index (χ0v) is 19.5. The number of methoxy groups -OCH3 is 1. The molecule has 1 saturated carbocycles. The second-order valence-electron chi connectivity index (χ2n) is 9.87. The first-order valence-electron chi connectivity index (χ1n) is 11.9. The highest BCUT2D eigenvalue weighted by Gasteiger charge is 2.46. The molecule has 4 aromatic rings. The molecule has 7 nitrogen and oxygen atoms in total. The molecule has 1 aliphatic carbocycles. The lowest BCUT2D eigenvalue weighted by molar-refractivity contribution is 0.170. The Hall–Kier alpha value is -2.94. The van der Waals surface area contributed by atoms with Gasteiger partial charge in [0.25, 0.3) is 0 Å². The van der Waals surface area contributed by atoms with Crippen LogP contribution in [0.3, 0.4) is 0 Å². The van der Waals surface area contributed by atoms with Gasteiger partial charge >= 0.3 is 0 Å². The summed E-state index contributed by atoms with van der Waals surface area (Å²) in [5.41, 5.74) is 10.0. The van der Waals surface area contributed by atoms with Gasteiger partial charge in [-0.25, -0.2) is 9.37 Å². The van der Waals surface area contributed by atoms with E-state index in [1.54, 1.807) is 13.2 Å². The van der Waals surface area contributed by atoms with Gasteiger partial charge < -0.3 is 10.5 Å². The molecule has 0 unspecified atom stereocenters. The first-order valence-corrected chi connectivity index (χ1v) is 11.9. The topological polar surface area (TPSA) is 81.6 Å². The molecule has 8 heteroatoms. The van der Waals surface area contributed by atoms with E-state index >= 15 is 0 Å². The number of hydrogen-bond donors (Lipinski definition) is 1. The van der Waals surface area contributed by atoms with E-state index in [-0.39, 0.29) is 23.3 Å². The van der Waals surface area contributed by atoms with Crippen molar-refractivity contribution >= 4 is 16.6 Å². The zero-order valence-electron chi connectivity index (χ0n) is 19.5. The quantitative estimate of drug-likeness (QED) is 0.471. The third kappa shape index (κ3) is 3.57. The van der Waals surface area contributed by atoms with Crippen molar-refractivity contribution in [2.75, 3.05) is 26.8 Å². The SMILES string of the molecule is COCC1(c2cc3nc(-c4nnc5ccc([C@H](C)N6CC[C@H](N)C6)cn45)ccc3cc2F)CC1. The molecule has 176 valence electrons. The molecule has 1 aromatic carbocycles. The maximum absolute atomic E-state index is 14.9. The van der Waals surface area contributed by atoms with E-state index in [9.17, 15) is 4.39 Å². The van der Waals surface area contributed by atoms with Crippen molar-refractivity contribution in [3.05, 3.63) is 59.5 Å². The van der Waals surface area contributed by atoms with E-state index in [2.05, 4.69) is 34.3 Å². The van der Waals surface area contributed by atoms with Gasteiger partial charge in [-0.2, -0.15) is 0 Å². The Morgan fingerprint density at radius 2 is 2.06 bits per heavy atom. The Balaban J connectivity index is 1.39. The van der Waals surface area contributed by atoms with Crippen LogP contribution in [-0.2, 0) is 10.2 Å². The highest BCUT2D eigenvalue weighted by atomic mass is 19.1. The first kappa shape index (κ1) is 21.6. The first-order chi connectivity index (χ1) is 16.5. The fourth-order valence-corrected chi connectivity index (χ4v) is 5.30. The molecule has 1 aliphatic heterocycles. The number of aromatic nitrogens is 4. The smallest absolute Gasteiger partial charge is 0.187 e. The predicted octanol–water partition coefficient (Wildman–Crippen LogP) is 3.86. The van der Waals surface area contributed by atoms with Crippen LogP contribution in [0.25, 0.3) is 28.1 Å². The Bertz CT molecular complexity index is 1380. The normalized spacial score (nSPS) is 20.9. The molecule has 34 heavy (non-hydrogen) atoms. The lowest BCUT2D eigenvalue weighted by atomic mass is 9.95. The van der Waals surface area contributed by atoms with Gasteiger partial charge in [-0.15, -0.1) is 10.2 Å². The van der Waals surface area contributed by atoms with Crippen LogP contribution >= 0.6 is 0 Å². The van der Waals surface area contributed by atoms with Crippen LogP contribution in [-0.4, -0.2) is 57.3 Å².